The van der Waals surface area contributed by atoms with Gasteiger partial charge < -0.3 is 15.5 Å². The molecule has 2 aromatic carbocycles. The van der Waals surface area contributed by atoms with Crippen molar-refractivity contribution < 1.29 is 28.2 Å². The highest BCUT2D eigenvalue weighted by molar-refractivity contribution is 7.89. The number of Topliss-reactive ketones (excluding diaryl/α,β-unsaturated/α-hetero) is 1. The molecule has 0 saturated carbocycles. The van der Waals surface area contributed by atoms with Crippen LogP contribution in [0.4, 0.5) is 0 Å². The van der Waals surface area contributed by atoms with Crippen molar-refractivity contribution >= 4 is 45.0 Å². The minimum atomic E-state index is -4.19. The van der Waals surface area contributed by atoms with Crippen molar-refractivity contribution in [2.24, 2.45) is 0 Å². The van der Waals surface area contributed by atoms with Crippen molar-refractivity contribution in [3.05, 3.63) is 63.6 Å². The van der Waals surface area contributed by atoms with Crippen LogP contribution in [0.2, 0.25) is 10.0 Å². The van der Waals surface area contributed by atoms with E-state index in [2.05, 4.69) is 10.0 Å². The Balaban J connectivity index is 1.73. The number of carbonyl (C=O) groups excluding carboxylic acids is 1. The van der Waals surface area contributed by atoms with Gasteiger partial charge in [-0.2, -0.15) is 4.72 Å². The molecule has 0 amide bonds. The van der Waals surface area contributed by atoms with Gasteiger partial charge in [0, 0.05) is 22.2 Å². The zero-order chi connectivity index (χ0) is 22.8. The first-order valence-electron chi connectivity index (χ1n) is 9.31. The van der Waals surface area contributed by atoms with E-state index in [0.717, 1.165) is 0 Å². The smallest absolute Gasteiger partial charge is 0.322 e. The molecule has 0 bridgehead atoms. The average molecular weight is 487 g/mol. The summed E-state index contributed by atoms with van der Waals surface area (Å²) in [5, 5.41) is 22.2. The molecule has 4 N–H and O–H groups in total. The van der Waals surface area contributed by atoms with Crippen LogP contribution in [0.15, 0.2) is 47.4 Å². The number of sulfonamides is 1. The monoisotopic (exact) mass is 486 g/mol. The maximum absolute atomic E-state index is 12.6. The second-order valence-electron chi connectivity index (χ2n) is 7.23. The van der Waals surface area contributed by atoms with Crippen molar-refractivity contribution in [2.75, 3.05) is 6.54 Å². The zero-order valence-corrected chi connectivity index (χ0v) is 18.4. The number of aliphatic hydroxyl groups excluding tert-OH is 1. The van der Waals surface area contributed by atoms with Crippen LogP contribution in [-0.4, -0.2) is 55.1 Å². The van der Waals surface area contributed by atoms with Gasteiger partial charge in [-0.25, -0.2) is 8.42 Å². The number of halogens is 2. The van der Waals surface area contributed by atoms with Gasteiger partial charge in [0.15, 0.2) is 5.78 Å². The number of aliphatic hydroxyl groups is 1. The van der Waals surface area contributed by atoms with E-state index in [0.29, 0.717) is 24.1 Å². The summed E-state index contributed by atoms with van der Waals surface area (Å²) in [6.45, 7) is 0.354. The van der Waals surface area contributed by atoms with Gasteiger partial charge in [-0.05, 0) is 36.6 Å². The van der Waals surface area contributed by atoms with Crippen molar-refractivity contribution in [1.29, 1.82) is 0 Å². The van der Waals surface area contributed by atoms with Gasteiger partial charge in [0.2, 0.25) is 10.0 Å². The maximum Gasteiger partial charge on any atom is 0.322 e. The lowest BCUT2D eigenvalue weighted by Crippen LogP contribution is -2.42. The summed E-state index contributed by atoms with van der Waals surface area (Å²) in [7, 11) is -4.19. The molecule has 3 rings (SSSR count). The fraction of sp³-hybridized carbons (Fsp3) is 0.300. The number of hydrogen-bond donors (Lipinski definition) is 4. The van der Waals surface area contributed by atoms with Crippen molar-refractivity contribution in [3.8, 4) is 0 Å². The quantitative estimate of drug-likeness (QED) is 0.418. The number of ketones is 1. The summed E-state index contributed by atoms with van der Waals surface area (Å²) in [6.07, 6.45) is -0.374. The Morgan fingerprint density at radius 1 is 1.13 bits per heavy atom. The molecule has 2 aromatic rings. The predicted molar refractivity (Wildman–Crippen MR) is 115 cm³/mol. The number of β-amino-alcohol motifs (C(OH)–C–C–N with tert-alkyl or cyclic N) is 1. The third-order valence-corrected chi connectivity index (χ3v) is 6.73. The summed E-state index contributed by atoms with van der Waals surface area (Å²) < 4.78 is 27.3. The molecule has 0 unspecified atom stereocenters. The largest absolute Gasteiger partial charge is 0.480 e. The van der Waals surface area contributed by atoms with E-state index in [4.69, 9.17) is 23.2 Å². The highest BCUT2D eigenvalue weighted by Gasteiger charge is 2.29. The second kappa shape index (κ2) is 9.64. The van der Waals surface area contributed by atoms with Crippen molar-refractivity contribution in [2.45, 2.75) is 35.9 Å². The third kappa shape index (κ3) is 6.03. The lowest BCUT2D eigenvalue weighted by Gasteiger charge is -2.16. The lowest BCUT2D eigenvalue weighted by molar-refractivity contribution is -0.138. The predicted octanol–water partition coefficient (Wildman–Crippen LogP) is 1.87. The lowest BCUT2D eigenvalue weighted by atomic mass is 9.99. The fourth-order valence-electron chi connectivity index (χ4n) is 3.28. The van der Waals surface area contributed by atoms with Crippen LogP contribution in [-0.2, 0) is 21.2 Å². The molecule has 0 aliphatic carbocycles. The normalized spacial score (nSPS) is 19.8. The third-order valence-electron chi connectivity index (χ3n) is 4.84. The number of nitrogens with one attached hydrogen (secondary N) is 2. The highest BCUT2D eigenvalue weighted by atomic mass is 35.5. The number of carboxylic acids is 1. The molecule has 1 saturated heterocycles. The van der Waals surface area contributed by atoms with E-state index in [1.807, 2.05) is 0 Å². The van der Waals surface area contributed by atoms with E-state index < -0.39 is 34.2 Å². The Morgan fingerprint density at radius 3 is 2.26 bits per heavy atom. The van der Waals surface area contributed by atoms with E-state index in [1.54, 1.807) is 24.3 Å². The van der Waals surface area contributed by atoms with E-state index in [-0.39, 0.29) is 27.1 Å². The molecule has 1 heterocycles. The van der Waals surface area contributed by atoms with Crippen molar-refractivity contribution in [3.63, 3.8) is 0 Å². The molecule has 8 nitrogen and oxygen atoms in total. The Kier molecular flexibility index (Phi) is 7.35. The summed E-state index contributed by atoms with van der Waals surface area (Å²) >= 11 is 11.7. The first-order valence-corrected chi connectivity index (χ1v) is 11.5. The van der Waals surface area contributed by atoms with E-state index >= 15 is 0 Å². The van der Waals surface area contributed by atoms with Crippen LogP contribution in [0.1, 0.15) is 22.3 Å². The van der Waals surface area contributed by atoms with Gasteiger partial charge in [0.05, 0.1) is 17.0 Å². The number of hydrogen-bond acceptors (Lipinski definition) is 6. The minimum Gasteiger partial charge on any atom is -0.480 e. The number of aliphatic carboxylic acids is 1. The SMILES string of the molecule is O=C(O)[C@H](Cc1ccc(C(=O)[C@@H]2C[C@@H](O)CN2)cc1)NS(=O)(=O)c1cc(Cl)cc(Cl)c1. The molecular weight excluding hydrogens is 467 g/mol. The molecule has 3 atom stereocenters. The van der Waals surface area contributed by atoms with Crippen LogP contribution in [0.3, 0.4) is 0 Å². The van der Waals surface area contributed by atoms with Crippen LogP contribution >= 0.6 is 23.2 Å². The van der Waals surface area contributed by atoms with Gasteiger partial charge >= 0.3 is 5.97 Å². The van der Waals surface area contributed by atoms with Crippen molar-refractivity contribution in [1.82, 2.24) is 10.0 Å². The molecular formula is C20H20Cl2N2O6S. The van der Waals surface area contributed by atoms with Crippen LogP contribution in [0, 0.1) is 0 Å². The zero-order valence-electron chi connectivity index (χ0n) is 16.1. The molecule has 0 radical (unpaired) electrons. The summed E-state index contributed by atoms with van der Waals surface area (Å²) in [5.41, 5.74) is 0.937. The Labute approximate surface area is 189 Å². The number of benzene rings is 2. The summed E-state index contributed by atoms with van der Waals surface area (Å²) in [4.78, 5) is 23.9. The van der Waals surface area contributed by atoms with Crippen LogP contribution in [0.5, 0.6) is 0 Å². The molecule has 1 aliphatic heterocycles. The number of rotatable bonds is 8. The number of carbonyl (C=O) groups is 2. The van der Waals surface area contributed by atoms with E-state index in [9.17, 15) is 28.2 Å². The molecule has 1 aliphatic rings. The minimum absolute atomic E-state index is 0.101. The van der Waals surface area contributed by atoms with E-state index in [1.165, 1.54) is 18.2 Å². The molecule has 0 spiro atoms. The fourth-order valence-corrected chi connectivity index (χ4v) is 5.19. The second-order valence-corrected chi connectivity index (χ2v) is 9.82. The van der Waals surface area contributed by atoms with Gasteiger partial charge in [-0.3, -0.25) is 9.59 Å². The molecule has 166 valence electrons. The summed E-state index contributed by atoms with van der Waals surface area (Å²) in [5.74, 6) is -1.53. The first-order chi connectivity index (χ1) is 14.5. The number of carboxylic acid groups (broad SMARTS) is 1. The highest BCUT2D eigenvalue weighted by Crippen LogP contribution is 2.23. The molecule has 31 heavy (non-hydrogen) atoms. The standard InChI is InChI=1S/C20H20Cl2N2O6S/c21-13-6-14(22)8-16(7-13)31(29,30)24-18(20(27)28)5-11-1-3-12(4-2-11)19(26)17-9-15(25)10-23-17/h1-4,6-8,15,17-18,23-25H,5,9-10H2,(H,27,28)/t15-,17+,18+/m1/s1. The van der Waals surface area contributed by atoms with Crippen LogP contribution in [0.25, 0.3) is 0 Å². The van der Waals surface area contributed by atoms with Gasteiger partial charge in [-0.15, -0.1) is 0 Å². The first kappa shape index (κ1) is 23.6. The topological polar surface area (TPSA) is 133 Å². The van der Waals surface area contributed by atoms with Gasteiger partial charge in [0.1, 0.15) is 6.04 Å². The Bertz CT molecular complexity index is 1070. The maximum atomic E-state index is 12.6. The Morgan fingerprint density at radius 2 is 1.74 bits per heavy atom. The average Bonchev–Trinajstić information content (AvgIpc) is 3.13. The Hall–Kier alpha value is -2.01. The van der Waals surface area contributed by atoms with Gasteiger partial charge in [-0.1, -0.05) is 47.5 Å². The molecule has 1 fully saturated rings. The summed E-state index contributed by atoms with van der Waals surface area (Å²) in [6, 6.07) is 8.02. The van der Waals surface area contributed by atoms with Gasteiger partial charge in [0.25, 0.3) is 0 Å². The molecule has 0 aromatic heterocycles. The molecule has 11 heteroatoms. The van der Waals surface area contributed by atoms with Crippen LogP contribution < -0.4 is 10.0 Å².